The summed E-state index contributed by atoms with van der Waals surface area (Å²) in [5, 5.41) is 0. The van der Waals surface area contributed by atoms with Crippen LogP contribution in [0.1, 0.15) is 18.9 Å². The lowest BCUT2D eigenvalue weighted by atomic mass is 10.1. The number of carbonyl (C=O) groups excluding carboxylic acids is 1. The Balaban J connectivity index is 1.39. The zero-order valence-corrected chi connectivity index (χ0v) is 16.0. The van der Waals surface area contributed by atoms with Crippen molar-refractivity contribution >= 4 is 5.91 Å². The van der Waals surface area contributed by atoms with E-state index in [4.69, 9.17) is 9.47 Å². The summed E-state index contributed by atoms with van der Waals surface area (Å²) in [6, 6.07) is 14.3. The molecule has 0 bridgehead atoms. The highest BCUT2D eigenvalue weighted by molar-refractivity contribution is 5.82. The molecule has 2 aromatic carbocycles. The average molecular weight is 384 g/mol. The summed E-state index contributed by atoms with van der Waals surface area (Å²) in [4.78, 5) is 17.1. The Morgan fingerprint density at radius 1 is 1.00 bits per heavy atom. The number of benzene rings is 2. The van der Waals surface area contributed by atoms with Crippen molar-refractivity contribution in [3.63, 3.8) is 0 Å². The molecule has 2 aliphatic heterocycles. The molecule has 4 rings (SSSR count). The van der Waals surface area contributed by atoms with E-state index < -0.39 is 6.10 Å². The monoisotopic (exact) mass is 384 g/mol. The van der Waals surface area contributed by atoms with Gasteiger partial charge >= 0.3 is 0 Å². The minimum Gasteiger partial charge on any atom is -0.482 e. The molecule has 0 radical (unpaired) electrons. The zero-order valence-electron chi connectivity index (χ0n) is 16.0. The quantitative estimate of drug-likeness (QED) is 0.816. The van der Waals surface area contributed by atoms with E-state index >= 15 is 0 Å². The first-order chi connectivity index (χ1) is 13.6. The van der Waals surface area contributed by atoms with E-state index in [1.807, 2.05) is 48.2 Å². The van der Waals surface area contributed by atoms with Crippen molar-refractivity contribution in [3.8, 4) is 11.5 Å². The van der Waals surface area contributed by atoms with Gasteiger partial charge in [-0.3, -0.25) is 9.69 Å². The molecule has 2 atom stereocenters. The van der Waals surface area contributed by atoms with Crippen LogP contribution in [0.2, 0.25) is 0 Å². The Bertz CT molecular complexity index is 844. The van der Waals surface area contributed by atoms with Gasteiger partial charge in [-0.1, -0.05) is 30.3 Å². The van der Waals surface area contributed by atoms with Gasteiger partial charge in [-0.15, -0.1) is 0 Å². The van der Waals surface area contributed by atoms with Gasteiger partial charge in [0.1, 0.15) is 11.9 Å². The number of hydrogen-bond donors (Lipinski definition) is 0. The Labute approximate surface area is 164 Å². The molecule has 0 N–H and O–H groups in total. The number of halogens is 1. The second-order valence-electron chi connectivity index (χ2n) is 7.35. The summed E-state index contributed by atoms with van der Waals surface area (Å²) in [5.74, 6) is 1.05. The first-order valence-electron chi connectivity index (χ1n) is 9.79. The van der Waals surface area contributed by atoms with Crippen molar-refractivity contribution in [2.45, 2.75) is 32.1 Å². The highest BCUT2D eigenvalue weighted by Gasteiger charge is 2.37. The molecule has 148 valence electrons. The third-order valence-corrected chi connectivity index (χ3v) is 5.34. The molecule has 0 aromatic heterocycles. The van der Waals surface area contributed by atoms with Crippen LogP contribution >= 0.6 is 0 Å². The SMILES string of the molecule is CC1Oc2ccccc2OC1C(=O)N1CCCN(Cc2ccccc2F)CC1. The molecule has 0 saturated carbocycles. The van der Waals surface area contributed by atoms with Gasteiger partial charge in [0.25, 0.3) is 5.91 Å². The summed E-state index contributed by atoms with van der Waals surface area (Å²) in [7, 11) is 0. The molecule has 2 heterocycles. The number of carbonyl (C=O) groups is 1. The third-order valence-electron chi connectivity index (χ3n) is 5.34. The first kappa shape index (κ1) is 18.7. The van der Waals surface area contributed by atoms with E-state index in [2.05, 4.69) is 4.90 Å². The fraction of sp³-hybridized carbons (Fsp3) is 0.409. The van der Waals surface area contributed by atoms with Crippen molar-refractivity contribution in [3.05, 3.63) is 59.9 Å². The van der Waals surface area contributed by atoms with E-state index in [0.717, 1.165) is 13.0 Å². The zero-order chi connectivity index (χ0) is 19.5. The van der Waals surface area contributed by atoms with Crippen molar-refractivity contribution in [2.24, 2.45) is 0 Å². The maximum absolute atomic E-state index is 13.9. The fourth-order valence-corrected chi connectivity index (χ4v) is 3.79. The van der Waals surface area contributed by atoms with Crippen LogP contribution in [0, 0.1) is 5.82 Å². The molecule has 0 aliphatic carbocycles. The number of para-hydroxylation sites is 2. The number of amides is 1. The Kier molecular flexibility index (Phi) is 5.48. The molecular weight excluding hydrogens is 359 g/mol. The van der Waals surface area contributed by atoms with Gasteiger partial charge in [0.15, 0.2) is 11.5 Å². The molecule has 5 nitrogen and oxygen atoms in total. The summed E-state index contributed by atoms with van der Waals surface area (Å²) >= 11 is 0. The molecule has 1 saturated heterocycles. The van der Waals surface area contributed by atoms with Gasteiger partial charge in [-0.25, -0.2) is 4.39 Å². The molecule has 2 unspecified atom stereocenters. The van der Waals surface area contributed by atoms with Crippen LogP contribution in [0.5, 0.6) is 11.5 Å². The molecule has 1 amide bonds. The smallest absolute Gasteiger partial charge is 0.267 e. The van der Waals surface area contributed by atoms with E-state index in [1.54, 1.807) is 6.07 Å². The van der Waals surface area contributed by atoms with E-state index in [9.17, 15) is 9.18 Å². The van der Waals surface area contributed by atoms with E-state index in [-0.39, 0.29) is 17.8 Å². The number of ether oxygens (including phenoxy) is 2. The summed E-state index contributed by atoms with van der Waals surface area (Å²) in [6.45, 7) is 5.22. The van der Waals surface area contributed by atoms with Crippen LogP contribution in [-0.4, -0.2) is 54.1 Å². The number of hydrogen-bond acceptors (Lipinski definition) is 4. The van der Waals surface area contributed by atoms with Crippen LogP contribution in [-0.2, 0) is 11.3 Å². The maximum Gasteiger partial charge on any atom is 0.267 e. The van der Waals surface area contributed by atoms with E-state index in [1.165, 1.54) is 6.07 Å². The summed E-state index contributed by atoms with van der Waals surface area (Å²) in [6.07, 6.45) is -0.146. The maximum atomic E-state index is 13.9. The van der Waals surface area contributed by atoms with Crippen molar-refractivity contribution in [1.29, 1.82) is 0 Å². The Hall–Kier alpha value is -2.60. The van der Waals surface area contributed by atoms with Gasteiger partial charge < -0.3 is 14.4 Å². The molecule has 28 heavy (non-hydrogen) atoms. The Morgan fingerprint density at radius 2 is 1.71 bits per heavy atom. The second kappa shape index (κ2) is 8.19. The van der Waals surface area contributed by atoms with Crippen molar-refractivity contribution in [2.75, 3.05) is 26.2 Å². The fourth-order valence-electron chi connectivity index (χ4n) is 3.79. The van der Waals surface area contributed by atoms with Crippen LogP contribution in [0.15, 0.2) is 48.5 Å². The lowest BCUT2D eigenvalue weighted by Gasteiger charge is -2.34. The minimum absolute atomic E-state index is 0.0465. The molecular formula is C22H25FN2O3. The molecule has 1 fully saturated rings. The molecule has 6 heteroatoms. The van der Waals surface area contributed by atoms with Crippen LogP contribution < -0.4 is 9.47 Å². The standard InChI is InChI=1S/C22H25FN2O3/c1-16-21(28-20-10-5-4-9-19(20)27-16)22(26)25-12-6-11-24(13-14-25)15-17-7-2-3-8-18(17)23/h2-5,7-10,16,21H,6,11-15H2,1H3. The third kappa shape index (κ3) is 3.97. The lowest BCUT2D eigenvalue weighted by Crippen LogP contribution is -2.51. The summed E-state index contributed by atoms with van der Waals surface area (Å²) in [5.41, 5.74) is 0.691. The van der Waals surface area contributed by atoms with Crippen LogP contribution in [0.3, 0.4) is 0 Å². The normalized spacial score (nSPS) is 22.6. The number of fused-ring (bicyclic) bond motifs is 1. The highest BCUT2D eigenvalue weighted by atomic mass is 19.1. The predicted octanol–water partition coefficient (Wildman–Crippen LogP) is 3.09. The molecule has 2 aromatic rings. The van der Waals surface area contributed by atoms with Crippen LogP contribution in [0.4, 0.5) is 4.39 Å². The molecule has 0 spiro atoms. The van der Waals surface area contributed by atoms with Gasteiger partial charge in [0.05, 0.1) is 0 Å². The Morgan fingerprint density at radius 3 is 2.50 bits per heavy atom. The van der Waals surface area contributed by atoms with Gasteiger partial charge in [-0.2, -0.15) is 0 Å². The van der Waals surface area contributed by atoms with Gasteiger partial charge in [0, 0.05) is 38.3 Å². The highest BCUT2D eigenvalue weighted by Crippen LogP contribution is 2.34. The van der Waals surface area contributed by atoms with E-state index in [0.29, 0.717) is 43.2 Å². The predicted molar refractivity (Wildman–Crippen MR) is 104 cm³/mol. The van der Waals surface area contributed by atoms with Gasteiger partial charge in [0.2, 0.25) is 6.10 Å². The second-order valence-corrected chi connectivity index (χ2v) is 7.35. The number of rotatable bonds is 3. The van der Waals surface area contributed by atoms with Crippen molar-refractivity contribution in [1.82, 2.24) is 9.80 Å². The van der Waals surface area contributed by atoms with Crippen LogP contribution in [0.25, 0.3) is 0 Å². The lowest BCUT2D eigenvalue weighted by molar-refractivity contribution is -0.144. The van der Waals surface area contributed by atoms with Crippen molar-refractivity contribution < 1.29 is 18.7 Å². The number of nitrogens with zero attached hydrogens (tertiary/aromatic N) is 2. The minimum atomic E-state index is -0.645. The summed E-state index contributed by atoms with van der Waals surface area (Å²) < 4.78 is 25.8. The van der Waals surface area contributed by atoms with Gasteiger partial charge in [-0.05, 0) is 31.5 Å². The average Bonchev–Trinajstić information content (AvgIpc) is 2.94. The largest absolute Gasteiger partial charge is 0.482 e. The topological polar surface area (TPSA) is 42.0 Å². The molecule has 2 aliphatic rings. The first-order valence-corrected chi connectivity index (χ1v) is 9.79.